The summed E-state index contributed by atoms with van der Waals surface area (Å²) in [7, 11) is 0. The van der Waals surface area contributed by atoms with Gasteiger partial charge in [-0.2, -0.15) is 0 Å². The number of carbonyl (C=O) groups is 1. The summed E-state index contributed by atoms with van der Waals surface area (Å²) >= 11 is 0. The monoisotopic (exact) mass is 211 g/mol. The lowest BCUT2D eigenvalue weighted by atomic mass is 9.72. The molecule has 2 atom stereocenters. The molecule has 1 amide bonds. The number of nitrogens with one attached hydrogen (secondary N) is 1. The smallest absolute Gasteiger partial charge is 0.137 e. The summed E-state index contributed by atoms with van der Waals surface area (Å²) < 4.78 is 0. The van der Waals surface area contributed by atoms with Crippen molar-refractivity contribution in [2.45, 2.75) is 45.2 Å². The van der Waals surface area contributed by atoms with Crippen LogP contribution in [0.1, 0.15) is 33.6 Å². The lowest BCUT2D eigenvalue weighted by Gasteiger charge is -2.49. The van der Waals surface area contributed by atoms with E-state index in [1.807, 2.05) is 0 Å². The molecule has 0 saturated carbocycles. The van der Waals surface area contributed by atoms with Gasteiger partial charge in [0.15, 0.2) is 0 Å². The molecule has 0 radical (unpaired) electrons. The molecule has 1 N–H and O–H groups in total. The summed E-state index contributed by atoms with van der Waals surface area (Å²) in [4.78, 5) is 12.4. The van der Waals surface area contributed by atoms with Crippen LogP contribution >= 0.6 is 0 Å². The fourth-order valence-corrected chi connectivity index (χ4v) is 2.84. The van der Waals surface area contributed by atoms with Gasteiger partial charge in [0.05, 0.1) is 0 Å². The van der Waals surface area contributed by atoms with E-state index in [-0.39, 0.29) is 11.0 Å². The third-order valence-corrected chi connectivity index (χ3v) is 4.00. The predicted octanol–water partition coefficient (Wildman–Crippen LogP) is 0.182. The number of nitrogens with zero attached hydrogens (tertiary/aromatic N) is 1. The first-order valence-electron chi connectivity index (χ1n) is 5.58. The van der Waals surface area contributed by atoms with Gasteiger partial charge in [-0.3, -0.25) is 0 Å². The molecule has 15 heavy (non-hydrogen) atoms. The van der Waals surface area contributed by atoms with E-state index in [9.17, 15) is 9.90 Å². The van der Waals surface area contributed by atoms with Crippen LogP contribution < -0.4 is 10.4 Å². The van der Waals surface area contributed by atoms with E-state index in [2.05, 4.69) is 26.1 Å². The van der Waals surface area contributed by atoms with Crippen LogP contribution in [0.2, 0.25) is 0 Å². The maximum Gasteiger partial charge on any atom is 0.137 e. The van der Waals surface area contributed by atoms with E-state index in [1.165, 1.54) is 4.90 Å². The molecule has 2 aliphatic heterocycles. The normalized spacial score (nSPS) is 35.7. The molecular weight excluding hydrogens is 192 g/mol. The Morgan fingerprint density at radius 2 is 2.20 bits per heavy atom. The van der Waals surface area contributed by atoms with E-state index in [0.29, 0.717) is 19.1 Å². The minimum atomic E-state index is -1.03. The lowest BCUT2D eigenvalue weighted by molar-refractivity contribution is -0.268. The molecule has 2 unspecified atom stereocenters. The molecule has 2 rings (SSSR count). The zero-order valence-corrected chi connectivity index (χ0v) is 9.67. The standard InChI is InChI=1S/C11H20N2O2/c1-10(2,3)11-5-4-8(12-11)6-13(7-11)9(14)15/h8,12H,4-7H2,1-3H3,(H,14,15)/p-1. The number of fused-ring (bicyclic) bond motifs is 2. The van der Waals surface area contributed by atoms with Crippen molar-refractivity contribution in [3.63, 3.8) is 0 Å². The molecule has 2 fully saturated rings. The van der Waals surface area contributed by atoms with Crippen LogP contribution in [0, 0.1) is 5.41 Å². The SMILES string of the molecule is CC(C)(C)C12CCC(CN(C(=O)[O-])C1)N2. The second-order valence-electron chi connectivity index (χ2n) is 5.86. The minimum Gasteiger partial charge on any atom is -0.530 e. The van der Waals surface area contributed by atoms with Crippen molar-refractivity contribution in [3.8, 4) is 0 Å². The fraction of sp³-hybridized carbons (Fsp3) is 0.909. The summed E-state index contributed by atoms with van der Waals surface area (Å²) in [6.45, 7) is 7.65. The van der Waals surface area contributed by atoms with Crippen molar-refractivity contribution in [1.29, 1.82) is 0 Å². The van der Waals surface area contributed by atoms with Gasteiger partial charge in [-0.05, 0) is 18.3 Å². The Labute approximate surface area is 90.6 Å². The van der Waals surface area contributed by atoms with Crippen molar-refractivity contribution < 1.29 is 9.90 Å². The van der Waals surface area contributed by atoms with Crippen molar-refractivity contribution in [1.82, 2.24) is 10.2 Å². The molecule has 2 bridgehead atoms. The molecule has 2 aliphatic rings. The zero-order valence-electron chi connectivity index (χ0n) is 9.67. The average molecular weight is 211 g/mol. The van der Waals surface area contributed by atoms with E-state index in [0.717, 1.165) is 12.8 Å². The summed E-state index contributed by atoms with van der Waals surface area (Å²) in [6, 6.07) is 0.316. The first-order chi connectivity index (χ1) is 6.84. The van der Waals surface area contributed by atoms with Crippen LogP contribution in [0.25, 0.3) is 0 Å². The summed E-state index contributed by atoms with van der Waals surface area (Å²) in [5, 5.41) is 14.5. The highest BCUT2D eigenvalue weighted by Gasteiger charge is 2.51. The summed E-state index contributed by atoms with van der Waals surface area (Å²) in [5.41, 5.74) is 0.0197. The number of likely N-dealkylation sites (tertiary alicyclic amines) is 1. The van der Waals surface area contributed by atoms with Gasteiger partial charge < -0.3 is 20.1 Å². The number of hydrogen-bond acceptors (Lipinski definition) is 3. The highest BCUT2D eigenvalue weighted by Crippen LogP contribution is 2.42. The van der Waals surface area contributed by atoms with Gasteiger partial charge in [-0.15, -0.1) is 0 Å². The molecule has 0 aromatic heterocycles. The first kappa shape index (κ1) is 10.7. The number of rotatable bonds is 0. The molecular formula is C11H19N2O2-. The molecule has 0 spiro atoms. The first-order valence-corrected chi connectivity index (χ1v) is 5.58. The van der Waals surface area contributed by atoms with Crippen LogP contribution in [0.5, 0.6) is 0 Å². The lowest BCUT2D eigenvalue weighted by Crippen LogP contribution is -2.67. The molecule has 4 heteroatoms. The van der Waals surface area contributed by atoms with Gasteiger partial charge >= 0.3 is 0 Å². The number of carbonyl (C=O) groups excluding carboxylic acids is 1. The largest absolute Gasteiger partial charge is 0.530 e. The Hall–Kier alpha value is -0.770. The molecule has 0 aromatic carbocycles. The zero-order chi connectivity index (χ0) is 11.3. The Morgan fingerprint density at radius 1 is 1.53 bits per heavy atom. The van der Waals surface area contributed by atoms with Crippen LogP contribution in [0.4, 0.5) is 4.79 Å². The third-order valence-electron chi connectivity index (χ3n) is 4.00. The highest BCUT2D eigenvalue weighted by molar-refractivity contribution is 5.63. The van der Waals surface area contributed by atoms with Gasteiger partial charge in [0.25, 0.3) is 0 Å². The van der Waals surface area contributed by atoms with Crippen molar-refractivity contribution in [3.05, 3.63) is 0 Å². The van der Waals surface area contributed by atoms with Crippen LogP contribution in [0.15, 0.2) is 0 Å². The van der Waals surface area contributed by atoms with Crippen molar-refractivity contribution >= 4 is 6.09 Å². The summed E-state index contributed by atoms with van der Waals surface area (Å²) in [5.74, 6) is 0. The van der Waals surface area contributed by atoms with E-state index in [4.69, 9.17) is 0 Å². The second-order valence-corrected chi connectivity index (χ2v) is 5.86. The number of carboxylic acid groups (broad SMARTS) is 1. The Morgan fingerprint density at radius 3 is 2.73 bits per heavy atom. The molecule has 0 aliphatic carbocycles. The number of amides is 1. The van der Waals surface area contributed by atoms with E-state index in [1.54, 1.807) is 0 Å². The topological polar surface area (TPSA) is 55.4 Å². The van der Waals surface area contributed by atoms with Gasteiger partial charge in [0.2, 0.25) is 0 Å². The Kier molecular flexibility index (Phi) is 2.23. The minimum absolute atomic E-state index is 0.0595. The predicted molar refractivity (Wildman–Crippen MR) is 55.3 cm³/mol. The van der Waals surface area contributed by atoms with Crippen molar-refractivity contribution in [2.75, 3.05) is 13.1 Å². The fourth-order valence-electron chi connectivity index (χ4n) is 2.84. The third kappa shape index (κ3) is 1.61. The van der Waals surface area contributed by atoms with E-state index < -0.39 is 6.09 Å². The van der Waals surface area contributed by atoms with Gasteiger partial charge in [0, 0.05) is 24.7 Å². The van der Waals surface area contributed by atoms with Crippen LogP contribution in [-0.4, -0.2) is 35.7 Å². The maximum absolute atomic E-state index is 10.9. The molecule has 0 aromatic rings. The average Bonchev–Trinajstić information content (AvgIpc) is 2.41. The van der Waals surface area contributed by atoms with Gasteiger partial charge in [0.1, 0.15) is 6.09 Å². The molecule has 4 nitrogen and oxygen atoms in total. The Balaban J connectivity index is 2.24. The van der Waals surface area contributed by atoms with Crippen LogP contribution in [0.3, 0.4) is 0 Å². The second kappa shape index (κ2) is 3.11. The van der Waals surface area contributed by atoms with E-state index >= 15 is 0 Å². The maximum atomic E-state index is 10.9. The quantitative estimate of drug-likeness (QED) is 0.622. The van der Waals surface area contributed by atoms with Gasteiger partial charge in [-0.1, -0.05) is 20.8 Å². The Bertz CT molecular complexity index is 285. The van der Waals surface area contributed by atoms with Crippen molar-refractivity contribution in [2.24, 2.45) is 5.41 Å². The molecule has 2 saturated heterocycles. The molecule has 2 heterocycles. The number of hydrogen-bond donors (Lipinski definition) is 1. The summed E-state index contributed by atoms with van der Waals surface area (Å²) in [6.07, 6.45) is 1.10. The number of piperazine rings is 1. The molecule has 86 valence electrons. The highest BCUT2D eigenvalue weighted by atomic mass is 16.4. The van der Waals surface area contributed by atoms with Gasteiger partial charge in [-0.25, -0.2) is 0 Å². The van der Waals surface area contributed by atoms with Crippen LogP contribution in [-0.2, 0) is 0 Å².